The summed E-state index contributed by atoms with van der Waals surface area (Å²) in [6.07, 6.45) is 1.86. The van der Waals surface area contributed by atoms with E-state index in [2.05, 4.69) is 9.98 Å². The van der Waals surface area contributed by atoms with Crippen LogP contribution in [0.5, 0.6) is 5.75 Å². The van der Waals surface area contributed by atoms with Crippen molar-refractivity contribution in [2.24, 2.45) is 4.99 Å². The first-order chi connectivity index (χ1) is 14.1. The van der Waals surface area contributed by atoms with E-state index in [1.54, 1.807) is 12.0 Å². The number of carbonyl (C=O) groups excluding carboxylic acids is 1. The third kappa shape index (κ3) is 4.22. The molecule has 0 aliphatic carbocycles. The molecule has 29 heavy (non-hydrogen) atoms. The molecule has 3 aromatic rings. The molecular formula is C23H19N3O2S. The highest BCUT2D eigenvalue weighted by Gasteiger charge is 2.34. The van der Waals surface area contributed by atoms with Crippen molar-refractivity contribution in [3.63, 3.8) is 0 Å². The summed E-state index contributed by atoms with van der Waals surface area (Å²) in [4.78, 5) is 24.6. The predicted molar refractivity (Wildman–Crippen MR) is 119 cm³/mol. The number of pyridine rings is 1. The Bertz CT molecular complexity index is 1110. The number of para-hydroxylation sites is 1. The SMILES string of the molecule is COc1cccc(/C=C2\S/C(=N/c3cccc(C)n3)N(c3ccccc3)C2=O)c1. The second kappa shape index (κ2) is 8.32. The number of hydrogen-bond acceptors (Lipinski definition) is 5. The minimum absolute atomic E-state index is 0.115. The number of nitrogens with zero attached hydrogens (tertiary/aromatic N) is 3. The van der Waals surface area contributed by atoms with Gasteiger partial charge in [-0.2, -0.15) is 0 Å². The van der Waals surface area contributed by atoms with E-state index < -0.39 is 0 Å². The van der Waals surface area contributed by atoms with Crippen LogP contribution in [0.25, 0.3) is 6.08 Å². The van der Waals surface area contributed by atoms with Gasteiger partial charge in [-0.15, -0.1) is 0 Å². The van der Waals surface area contributed by atoms with Crippen molar-refractivity contribution in [1.82, 2.24) is 4.98 Å². The maximum absolute atomic E-state index is 13.2. The van der Waals surface area contributed by atoms with E-state index in [-0.39, 0.29) is 5.91 Å². The van der Waals surface area contributed by atoms with Gasteiger partial charge in [-0.3, -0.25) is 9.69 Å². The Morgan fingerprint density at radius 1 is 1.03 bits per heavy atom. The highest BCUT2D eigenvalue weighted by Crippen LogP contribution is 2.37. The average molecular weight is 401 g/mol. The standard InChI is InChI=1S/C23H19N3O2S/c1-16-8-6-13-21(24-16)25-23-26(18-10-4-3-5-11-18)22(27)20(29-23)15-17-9-7-12-19(14-17)28-2/h3-15H,1-2H3/b20-15-,25-23+. The van der Waals surface area contributed by atoms with Crippen LogP contribution in [0.2, 0.25) is 0 Å². The summed E-state index contributed by atoms with van der Waals surface area (Å²) in [5.74, 6) is 1.20. The largest absolute Gasteiger partial charge is 0.497 e. The van der Waals surface area contributed by atoms with Crippen LogP contribution in [0.1, 0.15) is 11.3 Å². The van der Waals surface area contributed by atoms with Gasteiger partial charge in [-0.25, -0.2) is 9.98 Å². The molecule has 1 saturated heterocycles. The molecule has 1 aliphatic rings. The van der Waals surface area contributed by atoms with Crippen molar-refractivity contribution in [1.29, 1.82) is 0 Å². The number of aryl methyl sites for hydroxylation is 1. The van der Waals surface area contributed by atoms with Crippen LogP contribution in [-0.4, -0.2) is 23.2 Å². The van der Waals surface area contributed by atoms with Gasteiger partial charge < -0.3 is 4.74 Å². The van der Waals surface area contributed by atoms with Gasteiger partial charge in [0.05, 0.1) is 17.7 Å². The van der Waals surface area contributed by atoms with Crippen LogP contribution in [0, 0.1) is 6.92 Å². The monoisotopic (exact) mass is 401 g/mol. The van der Waals surface area contributed by atoms with E-state index in [1.165, 1.54) is 11.8 Å². The lowest BCUT2D eigenvalue weighted by Gasteiger charge is -2.15. The Morgan fingerprint density at radius 2 is 1.83 bits per heavy atom. The maximum Gasteiger partial charge on any atom is 0.271 e. The molecule has 0 spiro atoms. The summed E-state index contributed by atoms with van der Waals surface area (Å²) in [5, 5.41) is 0.577. The molecule has 0 unspecified atom stereocenters. The third-order valence-corrected chi connectivity index (χ3v) is 5.26. The number of rotatable bonds is 4. The van der Waals surface area contributed by atoms with Crippen LogP contribution in [0.15, 0.2) is 82.7 Å². The summed E-state index contributed by atoms with van der Waals surface area (Å²) in [6, 6.07) is 22.8. The molecule has 6 heteroatoms. The fraction of sp³-hybridized carbons (Fsp3) is 0.0870. The van der Waals surface area contributed by atoms with Crippen molar-refractivity contribution < 1.29 is 9.53 Å². The molecule has 1 fully saturated rings. The van der Waals surface area contributed by atoms with Crippen LogP contribution >= 0.6 is 11.8 Å². The topological polar surface area (TPSA) is 54.8 Å². The summed E-state index contributed by atoms with van der Waals surface area (Å²) >= 11 is 1.34. The lowest BCUT2D eigenvalue weighted by Crippen LogP contribution is -2.28. The fourth-order valence-electron chi connectivity index (χ4n) is 2.93. The zero-order valence-corrected chi connectivity index (χ0v) is 16.9. The molecule has 2 aromatic carbocycles. The van der Waals surface area contributed by atoms with Gasteiger partial charge in [0.1, 0.15) is 5.75 Å². The lowest BCUT2D eigenvalue weighted by molar-refractivity contribution is -0.113. The van der Waals surface area contributed by atoms with E-state index >= 15 is 0 Å². The van der Waals surface area contributed by atoms with Gasteiger partial charge in [0, 0.05) is 5.69 Å². The van der Waals surface area contributed by atoms with Gasteiger partial charge in [0.2, 0.25) is 0 Å². The van der Waals surface area contributed by atoms with Crippen LogP contribution in [0.4, 0.5) is 11.5 Å². The van der Waals surface area contributed by atoms with Gasteiger partial charge in [0.15, 0.2) is 11.0 Å². The van der Waals surface area contributed by atoms with E-state index in [4.69, 9.17) is 4.74 Å². The average Bonchev–Trinajstić information content (AvgIpc) is 3.03. The minimum Gasteiger partial charge on any atom is -0.497 e. The Kier molecular flexibility index (Phi) is 5.44. The first kappa shape index (κ1) is 19.0. The molecule has 1 aromatic heterocycles. The van der Waals surface area contributed by atoms with Crippen molar-refractivity contribution in [2.45, 2.75) is 6.92 Å². The highest BCUT2D eigenvalue weighted by molar-refractivity contribution is 8.19. The van der Waals surface area contributed by atoms with Gasteiger partial charge >= 0.3 is 0 Å². The maximum atomic E-state index is 13.2. The van der Waals surface area contributed by atoms with E-state index in [1.807, 2.05) is 85.8 Å². The highest BCUT2D eigenvalue weighted by atomic mass is 32.2. The lowest BCUT2D eigenvalue weighted by atomic mass is 10.2. The molecule has 0 bridgehead atoms. The molecule has 2 heterocycles. The van der Waals surface area contributed by atoms with Crippen molar-refractivity contribution >= 4 is 40.4 Å². The third-order valence-electron chi connectivity index (χ3n) is 4.30. The Hall–Kier alpha value is -3.38. The predicted octanol–water partition coefficient (Wildman–Crippen LogP) is 5.21. The van der Waals surface area contributed by atoms with Gasteiger partial charge in [-0.1, -0.05) is 36.4 Å². The smallest absolute Gasteiger partial charge is 0.271 e. The zero-order valence-electron chi connectivity index (χ0n) is 16.1. The normalized spacial score (nSPS) is 16.6. The van der Waals surface area contributed by atoms with E-state index in [0.29, 0.717) is 15.9 Å². The van der Waals surface area contributed by atoms with Crippen molar-refractivity contribution in [3.05, 3.63) is 89.0 Å². The number of methoxy groups -OCH3 is 1. The molecular weight excluding hydrogens is 382 g/mol. The first-order valence-electron chi connectivity index (χ1n) is 9.09. The number of aliphatic imine (C=N–C) groups is 1. The number of amidine groups is 1. The molecule has 144 valence electrons. The number of aromatic nitrogens is 1. The Labute approximate surface area is 173 Å². The number of benzene rings is 2. The minimum atomic E-state index is -0.115. The number of ether oxygens (including phenoxy) is 1. The molecule has 4 rings (SSSR count). The number of hydrogen-bond donors (Lipinski definition) is 0. The summed E-state index contributed by atoms with van der Waals surface area (Å²) in [5.41, 5.74) is 2.54. The molecule has 5 nitrogen and oxygen atoms in total. The van der Waals surface area contributed by atoms with E-state index in [0.717, 1.165) is 22.7 Å². The Balaban J connectivity index is 1.76. The first-order valence-corrected chi connectivity index (χ1v) is 9.91. The zero-order chi connectivity index (χ0) is 20.2. The second-order valence-electron chi connectivity index (χ2n) is 6.39. The van der Waals surface area contributed by atoms with Crippen molar-refractivity contribution in [2.75, 3.05) is 12.0 Å². The molecule has 1 amide bonds. The molecule has 0 saturated carbocycles. The second-order valence-corrected chi connectivity index (χ2v) is 7.40. The quantitative estimate of drug-likeness (QED) is 0.563. The van der Waals surface area contributed by atoms with Gasteiger partial charge in [0.25, 0.3) is 5.91 Å². The van der Waals surface area contributed by atoms with Crippen LogP contribution < -0.4 is 9.64 Å². The van der Waals surface area contributed by atoms with Crippen molar-refractivity contribution in [3.8, 4) is 5.75 Å². The number of anilines is 1. The molecule has 0 N–H and O–H groups in total. The van der Waals surface area contributed by atoms with Gasteiger partial charge in [-0.05, 0) is 66.7 Å². The summed E-state index contributed by atoms with van der Waals surface area (Å²) in [6.45, 7) is 1.92. The van der Waals surface area contributed by atoms with E-state index in [9.17, 15) is 4.79 Å². The number of carbonyl (C=O) groups is 1. The fourth-order valence-corrected chi connectivity index (χ4v) is 3.91. The van der Waals surface area contributed by atoms with Crippen LogP contribution in [-0.2, 0) is 4.79 Å². The Morgan fingerprint density at radius 3 is 2.59 bits per heavy atom. The summed E-state index contributed by atoms with van der Waals surface area (Å²) in [7, 11) is 1.62. The van der Waals surface area contributed by atoms with Crippen LogP contribution in [0.3, 0.4) is 0 Å². The molecule has 0 radical (unpaired) electrons. The molecule has 1 aliphatic heterocycles. The number of thioether (sulfide) groups is 1. The summed E-state index contributed by atoms with van der Waals surface area (Å²) < 4.78 is 5.28. The molecule has 0 atom stereocenters. The number of amides is 1.